The lowest BCUT2D eigenvalue weighted by Gasteiger charge is -2.21. The van der Waals surface area contributed by atoms with E-state index in [1.165, 1.54) is 4.57 Å². The minimum Gasteiger partial charge on any atom is -0.494 e. The molecule has 0 amide bonds. The fourth-order valence-corrected chi connectivity index (χ4v) is 4.88. The van der Waals surface area contributed by atoms with Crippen molar-refractivity contribution in [2.75, 3.05) is 0 Å². The first kappa shape index (κ1) is 14.7. The van der Waals surface area contributed by atoms with Gasteiger partial charge in [0.05, 0.1) is 46.3 Å². The van der Waals surface area contributed by atoms with E-state index in [0.29, 0.717) is 33.5 Å². The molecule has 25 heavy (non-hydrogen) atoms. The van der Waals surface area contributed by atoms with E-state index in [0.717, 1.165) is 24.6 Å². The molecule has 5 rings (SSSR count). The van der Waals surface area contributed by atoms with Gasteiger partial charge in [-0.15, -0.1) is 0 Å². The average Bonchev–Trinajstić information content (AvgIpc) is 3.28. The predicted molar refractivity (Wildman–Crippen MR) is 91.4 cm³/mol. The van der Waals surface area contributed by atoms with Crippen molar-refractivity contribution in [3.63, 3.8) is 0 Å². The molecule has 2 aliphatic heterocycles. The van der Waals surface area contributed by atoms with Gasteiger partial charge in [0.2, 0.25) is 17.4 Å². The fourth-order valence-electron chi connectivity index (χ4n) is 4.32. The Morgan fingerprint density at radius 3 is 2.32 bits per heavy atom. The summed E-state index contributed by atoms with van der Waals surface area (Å²) in [6.07, 6.45) is 1.58. The molecule has 0 spiro atoms. The summed E-state index contributed by atoms with van der Waals surface area (Å²) in [6, 6.07) is 3.31. The second-order valence-electron chi connectivity index (χ2n) is 6.97. The third-order valence-electron chi connectivity index (χ3n) is 5.44. The monoisotopic (exact) mass is 354 g/mol. The smallest absolute Gasteiger partial charge is 0.215 e. The summed E-state index contributed by atoms with van der Waals surface area (Å²) in [4.78, 5) is 3.46. The summed E-state index contributed by atoms with van der Waals surface area (Å²) < 4.78 is 16.0. The van der Waals surface area contributed by atoms with Crippen LogP contribution in [-0.2, 0) is 15.9 Å². The van der Waals surface area contributed by atoms with Crippen molar-refractivity contribution in [3.8, 4) is 17.4 Å². The first-order valence-electron chi connectivity index (χ1n) is 7.90. The van der Waals surface area contributed by atoms with Crippen molar-refractivity contribution in [1.82, 2.24) is 13.3 Å². The molecule has 0 saturated carbocycles. The first-order valence-corrected chi connectivity index (χ1v) is 8.63. The van der Waals surface area contributed by atoms with Crippen LogP contribution in [0.15, 0.2) is 12.1 Å². The second kappa shape index (κ2) is 4.31. The quantitative estimate of drug-likeness (QED) is 0.651. The lowest BCUT2D eigenvalue weighted by Crippen LogP contribution is -2.17. The van der Waals surface area contributed by atoms with Gasteiger partial charge in [0.1, 0.15) is 11.0 Å². The van der Waals surface area contributed by atoms with E-state index in [9.17, 15) is 10.2 Å². The van der Waals surface area contributed by atoms with Crippen molar-refractivity contribution in [3.05, 3.63) is 34.7 Å². The van der Waals surface area contributed by atoms with E-state index in [1.807, 2.05) is 13.8 Å². The van der Waals surface area contributed by atoms with Crippen LogP contribution in [0.25, 0.3) is 21.6 Å². The van der Waals surface area contributed by atoms with E-state index < -0.39 is 11.2 Å². The van der Waals surface area contributed by atoms with E-state index in [1.54, 1.807) is 12.1 Å². The molecular formula is C17H14N4O3S. The van der Waals surface area contributed by atoms with Crippen LogP contribution >= 0.6 is 11.7 Å². The van der Waals surface area contributed by atoms with Crippen LogP contribution in [0.2, 0.25) is 0 Å². The van der Waals surface area contributed by atoms with Gasteiger partial charge >= 0.3 is 0 Å². The number of fused-ring (bicyclic) bond motifs is 6. The number of benzene rings is 1. The molecule has 2 N–H and O–H groups in total. The molecule has 7 nitrogen and oxygen atoms in total. The van der Waals surface area contributed by atoms with Crippen LogP contribution in [0.5, 0.6) is 11.8 Å². The van der Waals surface area contributed by atoms with Crippen molar-refractivity contribution in [2.45, 2.75) is 37.9 Å². The van der Waals surface area contributed by atoms with Gasteiger partial charge in [0, 0.05) is 0 Å². The van der Waals surface area contributed by atoms with Crippen LogP contribution in [0.4, 0.5) is 5.69 Å². The lowest BCUT2D eigenvalue weighted by molar-refractivity contribution is -0.0683. The Bertz CT molecular complexity index is 1070. The number of ether oxygens (including phenoxy) is 1. The molecule has 1 aromatic carbocycles. The molecule has 8 heteroatoms. The highest BCUT2D eigenvalue weighted by Gasteiger charge is 2.59. The van der Waals surface area contributed by atoms with E-state index in [2.05, 4.69) is 13.6 Å². The standard InChI is InChI=1S/C17H14N4O3S/c1-16-6-7-17(2,24-16)11-10(16)14(22)21(15(11)23)9-5-4-8(18-3)12-13(9)20-25-19-12/h4-5,22-23H,6-7H2,1-2H3. The molecule has 2 aliphatic rings. The normalized spacial score (nSPS) is 26.9. The first-order chi connectivity index (χ1) is 11.9. The summed E-state index contributed by atoms with van der Waals surface area (Å²) >= 11 is 1.00. The number of hydrogen-bond acceptors (Lipinski definition) is 6. The Balaban J connectivity index is 1.85. The van der Waals surface area contributed by atoms with Gasteiger partial charge in [-0.05, 0) is 32.8 Å². The number of nitrogens with zero attached hydrogens (tertiary/aromatic N) is 4. The maximum atomic E-state index is 10.9. The number of aromatic hydroxyl groups is 2. The predicted octanol–water partition coefficient (Wildman–Crippen LogP) is 3.70. The Kier molecular flexibility index (Phi) is 2.53. The molecule has 4 heterocycles. The van der Waals surface area contributed by atoms with Gasteiger partial charge < -0.3 is 14.9 Å². The SMILES string of the molecule is [C-]#[N+]c1ccc(-n2c(O)c3c(c2O)C2(C)CCC3(C)O2)c2nsnc12. The summed E-state index contributed by atoms with van der Waals surface area (Å²) in [5.41, 5.74) is 1.94. The lowest BCUT2D eigenvalue weighted by atomic mass is 9.80. The van der Waals surface area contributed by atoms with Crippen molar-refractivity contribution >= 4 is 28.4 Å². The van der Waals surface area contributed by atoms with Gasteiger partial charge in [-0.2, -0.15) is 8.75 Å². The zero-order valence-electron chi connectivity index (χ0n) is 13.6. The van der Waals surface area contributed by atoms with Gasteiger partial charge in [-0.3, -0.25) is 0 Å². The van der Waals surface area contributed by atoms with Crippen LogP contribution in [-0.4, -0.2) is 23.5 Å². The van der Waals surface area contributed by atoms with Crippen LogP contribution in [0, 0.1) is 6.57 Å². The Morgan fingerprint density at radius 1 is 1.12 bits per heavy atom. The molecule has 1 saturated heterocycles. The summed E-state index contributed by atoms with van der Waals surface area (Å²) in [5.74, 6) is -0.0772. The maximum Gasteiger partial charge on any atom is 0.215 e. The summed E-state index contributed by atoms with van der Waals surface area (Å²) in [5, 5.41) is 21.9. The Hall–Kier alpha value is -2.63. The summed E-state index contributed by atoms with van der Waals surface area (Å²) in [7, 11) is 0. The van der Waals surface area contributed by atoms with Crippen molar-refractivity contribution < 1.29 is 14.9 Å². The zero-order valence-corrected chi connectivity index (χ0v) is 14.4. The molecule has 2 unspecified atom stereocenters. The fraction of sp³-hybridized carbons (Fsp3) is 0.353. The van der Waals surface area contributed by atoms with E-state index in [4.69, 9.17) is 11.3 Å². The number of hydrogen-bond donors (Lipinski definition) is 2. The van der Waals surface area contributed by atoms with Crippen LogP contribution in [0.1, 0.15) is 37.8 Å². The third-order valence-corrected chi connectivity index (χ3v) is 5.97. The topological polar surface area (TPSA) is 84.8 Å². The molecule has 2 atom stereocenters. The zero-order chi connectivity index (χ0) is 17.6. The second-order valence-corrected chi connectivity index (χ2v) is 7.50. The van der Waals surface area contributed by atoms with Crippen molar-refractivity contribution in [2.24, 2.45) is 0 Å². The highest BCUT2D eigenvalue weighted by molar-refractivity contribution is 7.00. The van der Waals surface area contributed by atoms with Crippen molar-refractivity contribution in [1.29, 1.82) is 0 Å². The third kappa shape index (κ3) is 1.57. The Morgan fingerprint density at radius 2 is 1.72 bits per heavy atom. The van der Waals surface area contributed by atoms with E-state index >= 15 is 0 Å². The average molecular weight is 354 g/mol. The van der Waals surface area contributed by atoms with Gasteiger partial charge in [-0.25, -0.2) is 9.41 Å². The van der Waals surface area contributed by atoms with Crippen LogP contribution < -0.4 is 0 Å². The molecule has 0 radical (unpaired) electrons. The highest BCUT2D eigenvalue weighted by atomic mass is 32.1. The number of rotatable bonds is 1. The molecule has 2 bridgehead atoms. The highest BCUT2D eigenvalue weighted by Crippen LogP contribution is 2.64. The largest absolute Gasteiger partial charge is 0.494 e. The minimum absolute atomic E-state index is 0.0386. The molecule has 126 valence electrons. The van der Waals surface area contributed by atoms with E-state index in [-0.39, 0.29) is 11.8 Å². The molecule has 1 fully saturated rings. The number of aromatic nitrogens is 3. The summed E-state index contributed by atoms with van der Waals surface area (Å²) in [6.45, 7) is 11.1. The Labute approximate surface area is 147 Å². The molecule has 0 aliphatic carbocycles. The van der Waals surface area contributed by atoms with Gasteiger partial charge in [0.25, 0.3) is 0 Å². The molecule has 3 aromatic rings. The van der Waals surface area contributed by atoms with Crippen LogP contribution in [0.3, 0.4) is 0 Å². The molecular weight excluding hydrogens is 340 g/mol. The minimum atomic E-state index is -0.604. The molecule has 2 aromatic heterocycles. The van der Waals surface area contributed by atoms with Gasteiger partial charge in [0.15, 0.2) is 0 Å². The maximum absolute atomic E-state index is 10.9. The van der Waals surface area contributed by atoms with Gasteiger partial charge in [-0.1, -0.05) is 6.07 Å².